The van der Waals surface area contributed by atoms with Crippen molar-refractivity contribution >= 4 is 10.2 Å². The van der Waals surface area contributed by atoms with Gasteiger partial charge in [-0.2, -0.15) is 17.2 Å². The average molecular weight is 210 g/mol. The van der Waals surface area contributed by atoms with Crippen molar-refractivity contribution in [3.63, 3.8) is 0 Å². The summed E-state index contributed by atoms with van der Waals surface area (Å²) in [6.07, 6.45) is 0. The van der Waals surface area contributed by atoms with Gasteiger partial charge in [0.1, 0.15) is 0 Å². The van der Waals surface area contributed by atoms with Crippen molar-refractivity contribution in [2.75, 3.05) is 0 Å². The molecule has 13 heavy (non-hydrogen) atoms. The molecule has 1 aromatic carbocycles. The zero-order chi connectivity index (χ0) is 10.1. The minimum Gasteiger partial charge on any atom is -0.188 e. The van der Waals surface area contributed by atoms with Crippen molar-refractivity contribution in [1.82, 2.24) is 0 Å². The lowest BCUT2D eigenvalue weighted by atomic mass is 10.2. The van der Waals surface area contributed by atoms with Crippen LogP contribution in [0.3, 0.4) is 0 Å². The van der Waals surface area contributed by atoms with Crippen LogP contribution in [0.5, 0.6) is 0 Å². The Labute approximate surface area is 73.2 Å². The number of benzene rings is 1. The summed E-state index contributed by atoms with van der Waals surface area (Å²) in [4.78, 5) is 0. The molecule has 0 bridgehead atoms. The van der Waals surface area contributed by atoms with Gasteiger partial charge in [-0.25, -0.2) is 0 Å². The van der Waals surface area contributed by atoms with E-state index >= 15 is 0 Å². The SMILES string of the molecule is O=S(=O)(F)C(F)(F)c1ccccc1. The number of halogens is 3. The van der Waals surface area contributed by atoms with Crippen molar-refractivity contribution < 1.29 is 21.1 Å². The summed E-state index contributed by atoms with van der Waals surface area (Å²) in [6, 6.07) is 5.52. The smallest absolute Gasteiger partial charge is 0.188 e. The van der Waals surface area contributed by atoms with Gasteiger partial charge in [0.25, 0.3) is 0 Å². The molecule has 0 spiro atoms. The van der Waals surface area contributed by atoms with Crippen molar-refractivity contribution in [1.29, 1.82) is 0 Å². The zero-order valence-corrected chi connectivity index (χ0v) is 7.06. The number of hydrogen-bond acceptors (Lipinski definition) is 2. The largest absolute Gasteiger partial charge is 0.399 e. The molecule has 0 saturated heterocycles. The molecule has 0 N–H and O–H groups in total. The highest BCUT2D eigenvalue weighted by Crippen LogP contribution is 2.34. The molecule has 0 fully saturated rings. The molecule has 0 saturated carbocycles. The lowest BCUT2D eigenvalue weighted by molar-refractivity contribution is 0.0843. The van der Waals surface area contributed by atoms with E-state index in [1.807, 2.05) is 0 Å². The Kier molecular flexibility index (Phi) is 2.34. The van der Waals surface area contributed by atoms with E-state index in [1.54, 1.807) is 0 Å². The van der Waals surface area contributed by atoms with Crippen LogP contribution in [0.25, 0.3) is 0 Å². The fraction of sp³-hybridized carbons (Fsp3) is 0.143. The Hall–Kier alpha value is -1.04. The van der Waals surface area contributed by atoms with Crippen LogP contribution in [0.15, 0.2) is 30.3 Å². The summed E-state index contributed by atoms with van der Waals surface area (Å²) < 4.78 is 57.5. The molecular formula is C7H5F3O2S. The average Bonchev–Trinajstić information content (AvgIpc) is 2.04. The van der Waals surface area contributed by atoms with E-state index in [0.717, 1.165) is 12.1 Å². The van der Waals surface area contributed by atoms with Gasteiger partial charge in [-0.15, -0.1) is 0 Å². The highest BCUT2D eigenvalue weighted by atomic mass is 32.3. The standard InChI is InChI=1S/C7H5F3O2S/c8-7(9,13(10,11)12)6-4-2-1-3-5-6/h1-5H. The first-order chi connectivity index (χ1) is 5.86. The first-order valence-corrected chi connectivity index (χ1v) is 4.61. The first-order valence-electron chi connectivity index (χ1n) is 3.23. The molecule has 1 rings (SSSR count). The van der Waals surface area contributed by atoms with Crippen LogP contribution in [0.1, 0.15) is 5.56 Å². The Morgan fingerprint density at radius 1 is 1.08 bits per heavy atom. The molecule has 0 aliphatic carbocycles. The summed E-state index contributed by atoms with van der Waals surface area (Å²) in [5, 5.41) is -4.46. The van der Waals surface area contributed by atoms with Gasteiger partial charge < -0.3 is 0 Å². The van der Waals surface area contributed by atoms with Crippen LogP contribution >= 0.6 is 0 Å². The molecule has 0 aliphatic heterocycles. The van der Waals surface area contributed by atoms with Crippen molar-refractivity contribution in [3.05, 3.63) is 35.9 Å². The summed E-state index contributed by atoms with van der Waals surface area (Å²) in [5.41, 5.74) is -0.877. The molecule has 2 nitrogen and oxygen atoms in total. The minimum atomic E-state index is -5.89. The van der Waals surface area contributed by atoms with E-state index in [1.165, 1.54) is 18.2 Å². The van der Waals surface area contributed by atoms with E-state index in [9.17, 15) is 21.1 Å². The van der Waals surface area contributed by atoms with E-state index in [4.69, 9.17) is 0 Å². The van der Waals surface area contributed by atoms with Crippen LogP contribution in [0.4, 0.5) is 12.7 Å². The number of hydrogen-bond donors (Lipinski definition) is 0. The van der Waals surface area contributed by atoms with Crippen molar-refractivity contribution in [3.8, 4) is 0 Å². The third-order valence-corrected chi connectivity index (χ3v) is 2.26. The maximum Gasteiger partial charge on any atom is 0.399 e. The van der Waals surface area contributed by atoms with E-state index in [0.29, 0.717) is 0 Å². The molecule has 0 radical (unpaired) electrons. The summed E-state index contributed by atoms with van der Waals surface area (Å²) >= 11 is 0. The zero-order valence-electron chi connectivity index (χ0n) is 6.25. The van der Waals surface area contributed by atoms with Gasteiger partial charge in [-0.3, -0.25) is 0 Å². The van der Waals surface area contributed by atoms with Crippen LogP contribution in [0, 0.1) is 0 Å². The van der Waals surface area contributed by atoms with E-state index < -0.39 is 21.0 Å². The molecule has 0 aliphatic rings. The summed E-state index contributed by atoms with van der Waals surface area (Å²) in [7, 11) is -5.89. The van der Waals surface area contributed by atoms with Crippen LogP contribution < -0.4 is 0 Å². The van der Waals surface area contributed by atoms with Gasteiger partial charge in [0.2, 0.25) is 0 Å². The Morgan fingerprint density at radius 2 is 1.54 bits per heavy atom. The molecular weight excluding hydrogens is 205 g/mol. The lowest BCUT2D eigenvalue weighted by Gasteiger charge is -2.10. The second kappa shape index (κ2) is 3.02. The van der Waals surface area contributed by atoms with Gasteiger partial charge >= 0.3 is 15.5 Å². The fourth-order valence-electron chi connectivity index (χ4n) is 0.773. The molecule has 0 amide bonds. The molecule has 1 aromatic rings. The van der Waals surface area contributed by atoms with Crippen molar-refractivity contribution in [2.24, 2.45) is 0 Å². The molecule has 72 valence electrons. The second-order valence-electron chi connectivity index (χ2n) is 2.32. The topological polar surface area (TPSA) is 34.1 Å². The normalized spacial score (nSPS) is 12.8. The molecule has 0 atom stereocenters. The quantitative estimate of drug-likeness (QED) is 0.700. The third kappa shape index (κ3) is 1.82. The Balaban J connectivity index is 3.24. The monoisotopic (exact) mass is 210 g/mol. The van der Waals surface area contributed by atoms with Gasteiger partial charge in [0.15, 0.2) is 0 Å². The van der Waals surface area contributed by atoms with Crippen LogP contribution in [-0.2, 0) is 15.5 Å². The lowest BCUT2D eigenvalue weighted by Crippen LogP contribution is -2.21. The minimum absolute atomic E-state index is 0.844. The van der Waals surface area contributed by atoms with Crippen molar-refractivity contribution in [2.45, 2.75) is 5.25 Å². The predicted octanol–water partition coefficient (Wildman–Crippen LogP) is 2.04. The molecule has 6 heteroatoms. The van der Waals surface area contributed by atoms with E-state index in [2.05, 4.69) is 0 Å². The fourth-order valence-corrected chi connectivity index (χ4v) is 1.19. The summed E-state index contributed by atoms with van der Waals surface area (Å²) in [5.74, 6) is 0. The molecule has 0 heterocycles. The second-order valence-corrected chi connectivity index (χ2v) is 3.71. The third-order valence-electron chi connectivity index (χ3n) is 1.42. The van der Waals surface area contributed by atoms with E-state index in [-0.39, 0.29) is 0 Å². The molecule has 0 aromatic heterocycles. The highest BCUT2D eigenvalue weighted by Gasteiger charge is 2.47. The highest BCUT2D eigenvalue weighted by molar-refractivity contribution is 7.87. The van der Waals surface area contributed by atoms with Crippen LogP contribution in [-0.4, -0.2) is 8.42 Å². The van der Waals surface area contributed by atoms with Gasteiger partial charge in [-0.1, -0.05) is 34.2 Å². The van der Waals surface area contributed by atoms with Gasteiger partial charge in [0, 0.05) is 5.56 Å². The summed E-state index contributed by atoms with van der Waals surface area (Å²) in [6.45, 7) is 0. The maximum absolute atomic E-state index is 12.7. The maximum atomic E-state index is 12.7. The number of rotatable bonds is 2. The van der Waals surface area contributed by atoms with Gasteiger partial charge in [0.05, 0.1) is 0 Å². The Bertz CT molecular complexity index is 385. The number of alkyl halides is 2. The molecule has 0 unspecified atom stereocenters. The van der Waals surface area contributed by atoms with Gasteiger partial charge in [-0.05, 0) is 0 Å². The van der Waals surface area contributed by atoms with Crippen LogP contribution in [0.2, 0.25) is 0 Å². The Morgan fingerprint density at radius 3 is 1.92 bits per heavy atom. The first kappa shape index (κ1) is 10.0. The predicted molar refractivity (Wildman–Crippen MR) is 40.4 cm³/mol.